The Balaban J connectivity index is 2.12. The smallest absolute Gasteiger partial charge is 0.374 e. The predicted octanol–water partition coefficient (Wildman–Crippen LogP) is 3.20. The maximum atomic E-state index is 11.4. The van der Waals surface area contributed by atoms with Crippen molar-refractivity contribution >= 4 is 23.3 Å². The van der Waals surface area contributed by atoms with Gasteiger partial charge in [0.05, 0.1) is 24.0 Å². The van der Waals surface area contributed by atoms with Crippen LogP contribution in [0.4, 0.5) is 5.69 Å². The summed E-state index contributed by atoms with van der Waals surface area (Å²) in [6, 6.07) is 8.71. The van der Waals surface area contributed by atoms with Crippen molar-refractivity contribution < 1.29 is 13.9 Å². The molecule has 1 N–H and O–H groups in total. The number of methoxy groups -OCH3 is 1. The summed E-state index contributed by atoms with van der Waals surface area (Å²) < 4.78 is 9.70. The van der Waals surface area contributed by atoms with E-state index in [0.29, 0.717) is 22.7 Å². The standard InChI is InChI=1S/C14H11ClN2O3/c1-19-14(18)13-9(4-5-20-13)8-17-11-2-3-12(15)10(6-11)7-16/h2-6,17H,8H2,1H3. The Morgan fingerprint density at radius 2 is 2.30 bits per heavy atom. The fourth-order valence-electron chi connectivity index (χ4n) is 1.66. The van der Waals surface area contributed by atoms with Gasteiger partial charge in [-0.25, -0.2) is 4.79 Å². The SMILES string of the molecule is COC(=O)c1occc1CNc1ccc(Cl)c(C#N)c1. The number of hydrogen-bond donors (Lipinski definition) is 1. The first-order chi connectivity index (χ1) is 9.65. The molecular formula is C14H11ClN2O3. The summed E-state index contributed by atoms with van der Waals surface area (Å²) in [4.78, 5) is 11.4. The van der Waals surface area contributed by atoms with Gasteiger partial charge >= 0.3 is 5.97 Å². The summed E-state index contributed by atoms with van der Waals surface area (Å²) in [6.07, 6.45) is 1.42. The summed E-state index contributed by atoms with van der Waals surface area (Å²) >= 11 is 5.86. The van der Waals surface area contributed by atoms with Crippen molar-refractivity contribution in [3.05, 3.63) is 52.4 Å². The fraction of sp³-hybridized carbons (Fsp3) is 0.143. The van der Waals surface area contributed by atoms with Gasteiger partial charge in [-0.05, 0) is 24.3 Å². The normalized spacial score (nSPS) is 9.85. The van der Waals surface area contributed by atoms with Crippen molar-refractivity contribution in [2.75, 3.05) is 12.4 Å². The van der Waals surface area contributed by atoms with Crippen LogP contribution in [-0.2, 0) is 11.3 Å². The van der Waals surface area contributed by atoms with Gasteiger partial charge < -0.3 is 14.5 Å². The number of nitrogens with zero attached hydrogens (tertiary/aromatic N) is 1. The number of carbonyl (C=O) groups is 1. The first-order valence-corrected chi connectivity index (χ1v) is 6.11. The average Bonchev–Trinajstić information content (AvgIpc) is 2.94. The van der Waals surface area contributed by atoms with Crippen molar-refractivity contribution in [3.63, 3.8) is 0 Å². The van der Waals surface area contributed by atoms with Crippen LogP contribution in [0.3, 0.4) is 0 Å². The van der Waals surface area contributed by atoms with Gasteiger partial charge in [0.15, 0.2) is 0 Å². The number of nitriles is 1. The van der Waals surface area contributed by atoms with Crippen LogP contribution in [-0.4, -0.2) is 13.1 Å². The first kappa shape index (κ1) is 14.0. The minimum Gasteiger partial charge on any atom is -0.463 e. The number of benzene rings is 1. The third-order valence-electron chi connectivity index (χ3n) is 2.69. The number of rotatable bonds is 4. The van der Waals surface area contributed by atoms with Crippen LogP contribution in [0, 0.1) is 11.3 Å². The van der Waals surface area contributed by atoms with Crippen molar-refractivity contribution in [1.29, 1.82) is 5.26 Å². The number of anilines is 1. The van der Waals surface area contributed by atoms with Crippen molar-refractivity contribution in [2.24, 2.45) is 0 Å². The Morgan fingerprint density at radius 1 is 1.50 bits per heavy atom. The second kappa shape index (κ2) is 6.13. The Bertz CT molecular complexity index is 673. The number of furan rings is 1. The fourth-order valence-corrected chi connectivity index (χ4v) is 1.82. The van der Waals surface area contributed by atoms with E-state index in [4.69, 9.17) is 21.3 Å². The van der Waals surface area contributed by atoms with Gasteiger partial charge in [-0.15, -0.1) is 0 Å². The highest BCUT2D eigenvalue weighted by Gasteiger charge is 2.15. The van der Waals surface area contributed by atoms with Crippen molar-refractivity contribution in [3.8, 4) is 6.07 Å². The van der Waals surface area contributed by atoms with E-state index in [0.717, 1.165) is 5.69 Å². The van der Waals surface area contributed by atoms with Crippen molar-refractivity contribution in [1.82, 2.24) is 0 Å². The van der Waals surface area contributed by atoms with Crippen LogP contribution in [0.25, 0.3) is 0 Å². The quantitative estimate of drug-likeness (QED) is 0.875. The molecule has 0 unspecified atom stereocenters. The highest BCUT2D eigenvalue weighted by atomic mass is 35.5. The van der Waals surface area contributed by atoms with Gasteiger partial charge in [-0.2, -0.15) is 5.26 Å². The Labute approximate surface area is 120 Å². The number of carbonyl (C=O) groups excluding carboxylic acids is 1. The molecule has 0 saturated heterocycles. The molecule has 0 aliphatic heterocycles. The topological polar surface area (TPSA) is 75.3 Å². The van der Waals surface area contributed by atoms with E-state index in [-0.39, 0.29) is 5.76 Å². The molecule has 0 saturated carbocycles. The lowest BCUT2D eigenvalue weighted by Crippen LogP contribution is -2.06. The number of hydrogen-bond acceptors (Lipinski definition) is 5. The largest absolute Gasteiger partial charge is 0.463 e. The number of ether oxygens (including phenoxy) is 1. The van der Waals surface area contributed by atoms with Gasteiger partial charge in [0.1, 0.15) is 6.07 Å². The van der Waals surface area contributed by atoms with Crippen molar-refractivity contribution in [2.45, 2.75) is 6.54 Å². The molecule has 0 aliphatic rings. The zero-order chi connectivity index (χ0) is 14.5. The van der Waals surface area contributed by atoms with Crippen LogP contribution in [0.2, 0.25) is 5.02 Å². The van der Waals surface area contributed by atoms with Gasteiger partial charge in [0.2, 0.25) is 5.76 Å². The zero-order valence-electron chi connectivity index (χ0n) is 10.6. The third kappa shape index (κ3) is 2.92. The maximum absolute atomic E-state index is 11.4. The molecule has 20 heavy (non-hydrogen) atoms. The molecule has 0 amide bonds. The molecule has 1 aromatic carbocycles. The molecule has 5 nitrogen and oxygen atoms in total. The molecule has 2 rings (SSSR count). The number of esters is 1. The first-order valence-electron chi connectivity index (χ1n) is 5.74. The van der Waals surface area contributed by atoms with Gasteiger partial charge in [-0.1, -0.05) is 11.6 Å². The maximum Gasteiger partial charge on any atom is 0.374 e. The second-order valence-corrected chi connectivity index (χ2v) is 4.33. The van der Waals surface area contributed by atoms with E-state index in [1.165, 1.54) is 13.4 Å². The summed E-state index contributed by atoms with van der Waals surface area (Å²) in [6.45, 7) is 0.368. The molecule has 0 atom stereocenters. The highest BCUT2D eigenvalue weighted by molar-refractivity contribution is 6.31. The monoisotopic (exact) mass is 290 g/mol. The van der Waals surface area contributed by atoms with Gasteiger partial charge in [0.25, 0.3) is 0 Å². The number of halogens is 1. The lowest BCUT2D eigenvalue weighted by Gasteiger charge is -2.07. The number of nitrogens with one attached hydrogen (secondary N) is 1. The van der Waals surface area contributed by atoms with E-state index < -0.39 is 5.97 Å². The van der Waals surface area contributed by atoms with E-state index in [2.05, 4.69) is 10.1 Å². The third-order valence-corrected chi connectivity index (χ3v) is 3.02. The predicted molar refractivity (Wildman–Crippen MR) is 73.5 cm³/mol. The molecule has 0 aliphatic carbocycles. The summed E-state index contributed by atoms with van der Waals surface area (Å²) in [5.41, 5.74) is 1.78. The molecule has 6 heteroatoms. The second-order valence-electron chi connectivity index (χ2n) is 3.93. The Morgan fingerprint density at radius 3 is 3.00 bits per heavy atom. The van der Waals surface area contributed by atoms with E-state index in [1.807, 2.05) is 6.07 Å². The molecule has 0 radical (unpaired) electrons. The summed E-state index contributed by atoms with van der Waals surface area (Å²) in [5, 5.41) is 12.4. The van der Waals surface area contributed by atoms with Crippen LogP contribution in [0.15, 0.2) is 34.9 Å². The molecule has 0 fully saturated rings. The minimum absolute atomic E-state index is 0.162. The molecule has 102 valence electrons. The highest BCUT2D eigenvalue weighted by Crippen LogP contribution is 2.21. The Hall–Kier alpha value is -2.45. The molecule has 2 aromatic rings. The minimum atomic E-state index is -0.527. The molecule has 1 aromatic heterocycles. The lowest BCUT2D eigenvalue weighted by atomic mass is 10.2. The van der Waals surface area contributed by atoms with Gasteiger partial charge in [0, 0.05) is 17.8 Å². The zero-order valence-corrected chi connectivity index (χ0v) is 11.4. The Kier molecular flexibility index (Phi) is 4.28. The molecule has 1 heterocycles. The molecule has 0 spiro atoms. The lowest BCUT2D eigenvalue weighted by molar-refractivity contribution is 0.0563. The van der Waals surface area contributed by atoms with Crippen LogP contribution in [0.5, 0.6) is 0 Å². The average molecular weight is 291 g/mol. The van der Waals surface area contributed by atoms with Crippen LogP contribution in [0.1, 0.15) is 21.7 Å². The van der Waals surface area contributed by atoms with E-state index in [9.17, 15) is 4.79 Å². The summed E-state index contributed by atoms with van der Waals surface area (Å²) in [5.74, 6) is -0.366. The van der Waals surface area contributed by atoms with E-state index >= 15 is 0 Å². The molecular weight excluding hydrogens is 280 g/mol. The molecule has 0 bridgehead atoms. The van der Waals surface area contributed by atoms with Gasteiger partial charge in [-0.3, -0.25) is 0 Å². The van der Waals surface area contributed by atoms with Crippen LogP contribution < -0.4 is 5.32 Å². The van der Waals surface area contributed by atoms with Crippen LogP contribution >= 0.6 is 11.6 Å². The van der Waals surface area contributed by atoms with E-state index in [1.54, 1.807) is 24.3 Å². The summed E-state index contributed by atoms with van der Waals surface area (Å²) in [7, 11) is 1.29.